The molecule has 0 fully saturated rings. The first-order chi connectivity index (χ1) is 13.0. The highest BCUT2D eigenvalue weighted by Gasteiger charge is 2.20. The molecule has 0 aliphatic heterocycles. The average Bonchev–Trinajstić information content (AvgIpc) is 2.60. The molecule has 0 saturated heterocycles. The summed E-state index contributed by atoms with van der Waals surface area (Å²) in [5.41, 5.74) is -1.44. The van der Waals surface area contributed by atoms with Crippen LogP contribution in [-0.4, -0.2) is 29.3 Å². The van der Waals surface area contributed by atoms with Crippen molar-refractivity contribution in [3.8, 4) is 0 Å². The Balaban J connectivity index is 2.20. The van der Waals surface area contributed by atoms with Crippen LogP contribution in [0.15, 0.2) is 47.4 Å². The fourth-order valence-corrected chi connectivity index (χ4v) is 2.80. The van der Waals surface area contributed by atoms with Gasteiger partial charge < -0.3 is 5.32 Å². The number of hydrogen-bond acceptors (Lipinski definition) is 8. The smallest absolute Gasteiger partial charge is 0.277 e. The van der Waals surface area contributed by atoms with Crippen molar-refractivity contribution in [2.45, 2.75) is 4.90 Å². The topological polar surface area (TPSA) is 188 Å². The van der Waals surface area contributed by atoms with Crippen molar-refractivity contribution < 1.29 is 23.1 Å². The Labute approximate surface area is 162 Å². The van der Waals surface area contributed by atoms with Gasteiger partial charge in [0.2, 0.25) is 10.0 Å². The van der Waals surface area contributed by atoms with Gasteiger partial charge in [0, 0.05) is 17.8 Å². The predicted octanol–water partition coefficient (Wildman–Crippen LogP) is 1.28. The fourth-order valence-electron chi connectivity index (χ4n) is 2.03. The lowest BCUT2D eigenvalue weighted by atomic mass is 10.1. The van der Waals surface area contributed by atoms with Gasteiger partial charge >= 0.3 is 0 Å². The van der Waals surface area contributed by atoms with Gasteiger partial charge in [-0.2, -0.15) is 0 Å². The standard InChI is InChI=1S/C14H11N5O7S2/c15-28(25,26)12-3-1-2-9(6-12)16-14(27)17-13(20)8-4-10(18(21)22)7-11(5-8)19(23)24/h1-7H,(H2,15,25,26)(H2,16,17,20,27). The second kappa shape index (κ2) is 8.03. The Bertz CT molecular complexity index is 1070. The van der Waals surface area contributed by atoms with E-state index >= 15 is 0 Å². The van der Waals surface area contributed by atoms with Crippen LogP contribution in [0.3, 0.4) is 0 Å². The number of nitro groups is 2. The van der Waals surface area contributed by atoms with E-state index in [4.69, 9.17) is 17.4 Å². The van der Waals surface area contributed by atoms with Gasteiger partial charge in [-0.15, -0.1) is 0 Å². The Kier molecular flexibility index (Phi) is 5.97. The average molecular weight is 425 g/mol. The lowest BCUT2D eigenvalue weighted by Gasteiger charge is -2.10. The third-order valence-electron chi connectivity index (χ3n) is 3.23. The minimum atomic E-state index is -3.95. The molecule has 0 radical (unpaired) electrons. The van der Waals surface area contributed by atoms with Crippen molar-refractivity contribution in [2.24, 2.45) is 5.14 Å². The van der Waals surface area contributed by atoms with Crippen molar-refractivity contribution in [1.29, 1.82) is 0 Å². The number of nitro benzene ring substituents is 2. The molecule has 2 rings (SSSR count). The van der Waals surface area contributed by atoms with E-state index in [-0.39, 0.29) is 21.3 Å². The van der Waals surface area contributed by atoms with E-state index in [9.17, 15) is 33.4 Å². The van der Waals surface area contributed by atoms with Gasteiger partial charge in [0.05, 0.1) is 26.4 Å². The van der Waals surface area contributed by atoms with Gasteiger partial charge in [-0.3, -0.25) is 30.3 Å². The van der Waals surface area contributed by atoms with Crippen LogP contribution in [0.5, 0.6) is 0 Å². The van der Waals surface area contributed by atoms with Crippen LogP contribution < -0.4 is 15.8 Å². The minimum absolute atomic E-state index is 0.194. The number of carbonyl (C=O) groups excluding carboxylic acids is 1. The summed E-state index contributed by atoms with van der Waals surface area (Å²) in [5, 5.41) is 31.2. The number of non-ortho nitro benzene ring substituents is 2. The van der Waals surface area contributed by atoms with Crippen molar-refractivity contribution >= 4 is 50.3 Å². The number of primary sulfonamides is 1. The molecular weight excluding hydrogens is 414 g/mol. The number of nitrogens with two attached hydrogens (primary N) is 1. The Hall–Kier alpha value is -3.49. The number of rotatable bonds is 5. The molecule has 28 heavy (non-hydrogen) atoms. The first kappa shape index (κ1) is 20.8. The molecule has 4 N–H and O–H groups in total. The summed E-state index contributed by atoms with van der Waals surface area (Å²) in [6.07, 6.45) is 0. The molecular formula is C14H11N5O7S2. The number of nitrogens with one attached hydrogen (secondary N) is 2. The Morgan fingerprint density at radius 3 is 2.11 bits per heavy atom. The zero-order chi connectivity index (χ0) is 21.1. The zero-order valence-corrected chi connectivity index (χ0v) is 15.3. The maximum atomic E-state index is 12.2. The summed E-state index contributed by atoms with van der Waals surface area (Å²) < 4.78 is 22.7. The lowest BCUT2D eigenvalue weighted by molar-refractivity contribution is -0.394. The van der Waals surface area contributed by atoms with Crippen LogP contribution in [0.4, 0.5) is 17.1 Å². The van der Waals surface area contributed by atoms with Crippen LogP contribution in [0.1, 0.15) is 10.4 Å². The fraction of sp³-hybridized carbons (Fsp3) is 0. The molecule has 0 saturated carbocycles. The molecule has 0 bridgehead atoms. The third-order valence-corrected chi connectivity index (χ3v) is 4.35. The second-order valence-electron chi connectivity index (χ2n) is 5.23. The van der Waals surface area contributed by atoms with Crippen LogP contribution >= 0.6 is 12.2 Å². The van der Waals surface area contributed by atoms with Gasteiger partial charge in [0.25, 0.3) is 17.3 Å². The monoisotopic (exact) mass is 425 g/mol. The molecule has 12 nitrogen and oxygen atoms in total. The van der Waals surface area contributed by atoms with Gasteiger partial charge in [-0.1, -0.05) is 6.07 Å². The maximum absolute atomic E-state index is 12.2. The van der Waals surface area contributed by atoms with Crippen molar-refractivity contribution in [3.63, 3.8) is 0 Å². The first-order valence-corrected chi connectivity index (χ1v) is 9.12. The molecule has 0 atom stereocenters. The molecule has 0 aliphatic carbocycles. The van der Waals surface area contributed by atoms with Gasteiger partial charge in [-0.05, 0) is 30.4 Å². The van der Waals surface area contributed by atoms with Crippen LogP contribution in [0, 0.1) is 20.2 Å². The highest BCUT2D eigenvalue weighted by Crippen LogP contribution is 2.22. The first-order valence-electron chi connectivity index (χ1n) is 7.16. The number of anilines is 1. The van der Waals surface area contributed by atoms with E-state index in [0.717, 1.165) is 12.1 Å². The summed E-state index contributed by atoms with van der Waals surface area (Å²) in [4.78, 5) is 32.0. The number of amides is 1. The number of carbonyl (C=O) groups is 1. The van der Waals surface area contributed by atoms with Gasteiger partial charge in [0.15, 0.2) is 5.11 Å². The molecule has 2 aromatic rings. The molecule has 0 aliphatic rings. The summed E-state index contributed by atoms with van der Waals surface area (Å²) in [6.45, 7) is 0. The molecule has 2 aromatic carbocycles. The maximum Gasteiger partial charge on any atom is 0.277 e. The SMILES string of the molecule is NS(=O)(=O)c1cccc(NC(=S)NC(=O)c2cc([N+](=O)[O-])cc([N+](=O)[O-])c2)c1. The van der Waals surface area contributed by atoms with Crippen LogP contribution in [-0.2, 0) is 10.0 Å². The molecule has 0 spiro atoms. The highest BCUT2D eigenvalue weighted by molar-refractivity contribution is 7.89. The molecule has 146 valence electrons. The van der Waals surface area contributed by atoms with E-state index in [1.165, 1.54) is 24.3 Å². The summed E-state index contributed by atoms with van der Waals surface area (Å²) in [7, 11) is -3.95. The Morgan fingerprint density at radius 2 is 1.61 bits per heavy atom. The van der Waals surface area contributed by atoms with Crippen molar-refractivity contribution in [2.75, 3.05) is 5.32 Å². The quantitative estimate of drug-likeness (QED) is 0.360. The Morgan fingerprint density at radius 1 is 1.04 bits per heavy atom. The lowest BCUT2D eigenvalue weighted by Crippen LogP contribution is -2.34. The van der Waals surface area contributed by atoms with E-state index < -0.39 is 37.2 Å². The number of sulfonamides is 1. The third kappa shape index (κ3) is 5.26. The van der Waals surface area contributed by atoms with Crippen LogP contribution in [0.2, 0.25) is 0 Å². The number of thiocarbonyl (C=S) groups is 1. The van der Waals surface area contributed by atoms with Crippen molar-refractivity contribution in [1.82, 2.24) is 5.32 Å². The van der Waals surface area contributed by atoms with E-state index in [1.54, 1.807) is 0 Å². The van der Waals surface area contributed by atoms with Crippen molar-refractivity contribution in [3.05, 3.63) is 68.3 Å². The van der Waals surface area contributed by atoms with E-state index in [2.05, 4.69) is 10.6 Å². The van der Waals surface area contributed by atoms with Crippen LogP contribution in [0.25, 0.3) is 0 Å². The molecule has 0 aromatic heterocycles. The number of hydrogen-bond donors (Lipinski definition) is 3. The number of nitrogens with zero attached hydrogens (tertiary/aromatic N) is 2. The molecule has 1 amide bonds. The zero-order valence-electron chi connectivity index (χ0n) is 13.7. The minimum Gasteiger partial charge on any atom is -0.332 e. The largest absolute Gasteiger partial charge is 0.332 e. The summed E-state index contributed by atoms with van der Waals surface area (Å²) >= 11 is 4.93. The summed E-state index contributed by atoms with van der Waals surface area (Å²) in [6, 6.07) is 7.68. The predicted molar refractivity (Wildman–Crippen MR) is 101 cm³/mol. The molecule has 0 unspecified atom stereocenters. The van der Waals surface area contributed by atoms with Gasteiger partial charge in [-0.25, -0.2) is 13.6 Å². The molecule has 14 heteroatoms. The van der Waals surface area contributed by atoms with E-state index in [0.29, 0.717) is 6.07 Å². The second-order valence-corrected chi connectivity index (χ2v) is 7.20. The van der Waals surface area contributed by atoms with E-state index in [1.807, 2.05) is 0 Å². The highest BCUT2D eigenvalue weighted by atomic mass is 32.2. The summed E-state index contributed by atoms with van der Waals surface area (Å²) in [5.74, 6) is -0.938. The van der Waals surface area contributed by atoms with Gasteiger partial charge in [0.1, 0.15) is 0 Å². The molecule has 0 heterocycles. The number of benzene rings is 2. The normalized spacial score (nSPS) is 10.8.